The third-order valence-electron chi connectivity index (χ3n) is 3.43. The predicted molar refractivity (Wildman–Crippen MR) is 64.1 cm³/mol. The van der Waals surface area contributed by atoms with E-state index in [9.17, 15) is 4.79 Å². The molecule has 5 nitrogen and oxygen atoms in total. The van der Waals surface area contributed by atoms with Crippen LogP contribution < -0.4 is 5.32 Å². The first-order valence-corrected chi connectivity index (χ1v) is 5.71. The molecule has 17 heavy (non-hydrogen) atoms. The van der Waals surface area contributed by atoms with Gasteiger partial charge in [0.25, 0.3) is 0 Å². The van der Waals surface area contributed by atoms with Crippen LogP contribution in [0.2, 0.25) is 0 Å². The molecule has 1 aromatic rings. The Balaban J connectivity index is 1.98. The van der Waals surface area contributed by atoms with Crippen molar-refractivity contribution in [1.29, 1.82) is 0 Å². The quantitative estimate of drug-likeness (QED) is 0.834. The molecule has 1 aliphatic rings. The number of carboxylic acid groups (broad SMARTS) is 1. The van der Waals surface area contributed by atoms with Gasteiger partial charge in [-0.3, -0.25) is 0 Å². The minimum absolute atomic E-state index is 0.155. The lowest BCUT2D eigenvalue weighted by Crippen LogP contribution is -2.12. The van der Waals surface area contributed by atoms with Gasteiger partial charge in [0.15, 0.2) is 0 Å². The molecule has 0 aromatic carbocycles. The van der Waals surface area contributed by atoms with E-state index < -0.39 is 5.97 Å². The fraction of sp³-hybridized carbons (Fsp3) is 0.583. The van der Waals surface area contributed by atoms with Crippen LogP contribution in [0.4, 0.5) is 5.95 Å². The highest BCUT2D eigenvalue weighted by molar-refractivity contribution is 5.88. The smallest absolute Gasteiger partial charge is 0.339 e. The maximum atomic E-state index is 10.8. The topological polar surface area (TPSA) is 75.1 Å². The first-order valence-electron chi connectivity index (χ1n) is 5.71. The van der Waals surface area contributed by atoms with E-state index in [0.717, 1.165) is 6.54 Å². The van der Waals surface area contributed by atoms with Crippen molar-refractivity contribution in [1.82, 2.24) is 9.97 Å². The molecular weight excluding hydrogens is 218 g/mol. The fourth-order valence-corrected chi connectivity index (χ4v) is 1.90. The van der Waals surface area contributed by atoms with Gasteiger partial charge < -0.3 is 10.4 Å². The summed E-state index contributed by atoms with van der Waals surface area (Å²) in [7, 11) is 0. The van der Waals surface area contributed by atoms with Crippen LogP contribution in [-0.2, 0) is 0 Å². The molecule has 0 amide bonds. The molecule has 92 valence electrons. The van der Waals surface area contributed by atoms with Crippen LogP contribution in [0.25, 0.3) is 0 Å². The molecule has 1 aromatic heterocycles. The van der Waals surface area contributed by atoms with Crippen LogP contribution in [0.15, 0.2) is 6.20 Å². The van der Waals surface area contributed by atoms with Gasteiger partial charge in [0.1, 0.15) is 0 Å². The van der Waals surface area contributed by atoms with E-state index in [2.05, 4.69) is 29.1 Å². The zero-order valence-corrected chi connectivity index (χ0v) is 10.3. The second-order valence-electron chi connectivity index (χ2n) is 5.27. The molecule has 1 heterocycles. The Hall–Kier alpha value is -1.65. The Morgan fingerprint density at radius 2 is 2.29 bits per heavy atom. The molecule has 2 N–H and O–H groups in total. The van der Waals surface area contributed by atoms with E-state index >= 15 is 0 Å². The summed E-state index contributed by atoms with van der Waals surface area (Å²) in [6.45, 7) is 6.99. The third-order valence-corrected chi connectivity index (χ3v) is 3.43. The maximum absolute atomic E-state index is 10.8. The molecule has 5 heteroatoms. The van der Waals surface area contributed by atoms with E-state index in [4.69, 9.17) is 5.11 Å². The fourth-order valence-electron chi connectivity index (χ4n) is 1.90. The third kappa shape index (κ3) is 2.54. The summed E-state index contributed by atoms with van der Waals surface area (Å²) in [6, 6.07) is 0. The molecule has 1 unspecified atom stereocenters. The van der Waals surface area contributed by atoms with Crippen molar-refractivity contribution in [3.8, 4) is 0 Å². The number of carbonyl (C=O) groups is 1. The average Bonchev–Trinajstić information content (AvgIpc) is 2.83. The lowest BCUT2D eigenvalue weighted by Gasteiger charge is -2.07. The van der Waals surface area contributed by atoms with Crippen LogP contribution in [0.5, 0.6) is 0 Å². The van der Waals surface area contributed by atoms with Crippen LogP contribution in [-0.4, -0.2) is 27.6 Å². The number of nitrogens with zero attached hydrogens (tertiary/aromatic N) is 2. The minimum Gasteiger partial charge on any atom is -0.478 e. The molecule has 0 aliphatic heterocycles. The second kappa shape index (κ2) is 3.98. The van der Waals surface area contributed by atoms with Gasteiger partial charge in [-0.25, -0.2) is 14.8 Å². The first kappa shape index (κ1) is 11.8. The van der Waals surface area contributed by atoms with Gasteiger partial charge in [0.2, 0.25) is 5.95 Å². The summed E-state index contributed by atoms with van der Waals surface area (Å²) >= 11 is 0. The first-order chi connectivity index (χ1) is 7.90. The van der Waals surface area contributed by atoms with Crippen molar-refractivity contribution in [2.45, 2.75) is 27.2 Å². The summed E-state index contributed by atoms with van der Waals surface area (Å²) in [5.41, 5.74) is 1.07. The van der Waals surface area contributed by atoms with Crippen LogP contribution in [0.1, 0.15) is 36.3 Å². The zero-order valence-electron chi connectivity index (χ0n) is 10.3. The number of nitrogens with one attached hydrogen (secondary N) is 1. The van der Waals surface area contributed by atoms with Gasteiger partial charge in [-0.15, -0.1) is 0 Å². The molecule has 1 aliphatic carbocycles. The second-order valence-corrected chi connectivity index (χ2v) is 5.27. The monoisotopic (exact) mass is 235 g/mol. The van der Waals surface area contributed by atoms with Gasteiger partial charge in [-0.05, 0) is 24.7 Å². The average molecular weight is 235 g/mol. The molecule has 2 rings (SSSR count). The van der Waals surface area contributed by atoms with E-state index in [1.54, 1.807) is 6.92 Å². The number of aromatic carboxylic acids is 1. The summed E-state index contributed by atoms with van der Waals surface area (Å²) in [5.74, 6) is 0.179. The van der Waals surface area contributed by atoms with Crippen molar-refractivity contribution >= 4 is 11.9 Å². The number of anilines is 1. The summed E-state index contributed by atoms with van der Waals surface area (Å²) in [5, 5.41) is 12.0. The molecule has 0 spiro atoms. The van der Waals surface area contributed by atoms with Crippen molar-refractivity contribution in [2.75, 3.05) is 11.9 Å². The van der Waals surface area contributed by atoms with Crippen molar-refractivity contribution in [2.24, 2.45) is 11.3 Å². The molecule has 0 saturated heterocycles. The summed E-state index contributed by atoms with van der Waals surface area (Å²) in [6.07, 6.45) is 2.57. The number of hydrogen-bond acceptors (Lipinski definition) is 4. The highest BCUT2D eigenvalue weighted by atomic mass is 16.4. The molecule has 0 bridgehead atoms. The summed E-state index contributed by atoms with van der Waals surface area (Å²) in [4.78, 5) is 18.9. The van der Waals surface area contributed by atoms with E-state index in [1.165, 1.54) is 12.6 Å². The lowest BCUT2D eigenvalue weighted by molar-refractivity contribution is 0.0695. The van der Waals surface area contributed by atoms with Crippen LogP contribution >= 0.6 is 0 Å². The Kier molecular flexibility index (Phi) is 2.77. The summed E-state index contributed by atoms with van der Waals surface area (Å²) < 4.78 is 0. The van der Waals surface area contributed by atoms with E-state index in [0.29, 0.717) is 23.0 Å². The number of hydrogen-bond donors (Lipinski definition) is 2. The predicted octanol–water partition coefficient (Wildman–Crippen LogP) is 1.94. The highest BCUT2D eigenvalue weighted by Gasteiger charge is 2.45. The van der Waals surface area contributed by atoms with Gasteiger partial charge in [0, 0.05) is 12.7 Å². The SMILES string of the molecule is Cc1nc(NCC2CC2(C)C)ncc1C(=O)O. The molecule has 1 atom stereocenters. The highest BCUT2D eigenvalue weighted by Crippen LogP contribution is 2.51. The van der Waals surface area contributed by atoms with Crippen molar-refractivity contribution in [3.05, 3.63) is 17.5 Å². The van der Waals surface area contributed by atoms with Gasteiger partial charge in [0.05, 0.1) is 11.3 Å². The zero-order chi connectivity index (χ0) is 12.6. The van der Waals surface area contributed by atoms with Gasteiger partial charge in [-0.2, -0.15) is 0 Å². The Bertz CT molecular complexity index is 457. The van der Waals surface area contributed by atoms with Gasteiger partial charge in [-0.1, -0.05) is 13.8 Å². The van der Waals surface area contributed by atoms with Crippen molar-refractivity contribution in [3.63, 3.8) is 0 Å². The Labute approximate surface area is 100 Å². The lowest BCUT2D eigenvalue weighted by atomic mass is 10.1. The maximum Gasteiger partial charge on any atom is 0.339 e. The number of carboxylic acids is 1. The number of aryl methyl sites for hydroxylation is 1. The molecule has 1 saturated carbocycles. The van der Waals surface area contributed by atoms with E-state index in [1.807, 2.05) is 0 Å². The van der Waals surface area contributed by atoms with Crippen LogP contribution in [0.3, 0.4) is 0 Å². The van der Waals surface area contributed by atoms with Crippen molar-refractivity contribution < 1.29 is 9.90 Å². The number of aromatic nitrogens is 2. The Morgan fingerprint density at radius 3 is 2.76 bits per heavy atom. The standard InChI is InChI=1S/C12H17N3O2/c1-7-9(10(16)17)6-14-11(15-7)13-5-8-4-12(8,2)3/h6,8H,4-5H2,1-3H3,(H,16,17)(H,13,14,15). The largest absolute Gasteiger partial charge is 0.478 e. The van der Waals surface area contributed by atoms with E-state index in [-0.39, 0.29) is 5.56 Å². The Morgan fingerprint density at radius 1 is 1.65 bits per heavy atom. The molecule has 0 radical (unpaired) electrons. The van der Waals surface area contributed by atoms with Crippen LogP contribution in [0, 0.1) is 18.3 Å². The molecular formula is C12H17N3O2. The number of rotatable bonds is 4. The van der Waals surface area contributed by atoms with Gasteiger partial charge >= 0.3 is 5.97 Å². The normalized spacial score (nSPS) is 21.0. The molecule has 1 fully saturated rings. The minimum atomic E-state index is -0.989.